The van der Waals surface area contributed by atoms with E-state index < -0.39 is 22.8 Å². The van der Waals surface area contributed by atoms with Crippen molar-refractivity contribution in [1.29, 1.82) is 0 Å². The van der Waals surface area contributed by atoms with Gasteiger partial charge in [0.25, 0.3) is 10.1 Å². The SMILES string of the molecule is CC1C[C@H]2[C@@H]3CCC4=CC(=O)C=C[C@]4(C)[C@H]3C(O)C[C@]2(C)[C@H]1C(=O)COS(C)(=O)=O. The summed E-state index contributed by atoms with van der Waals surface area (Å²) in [6.07, 6.45) is 8.83. The Kier molecular flexibility index (Phi) is 5.19. The number of hydrogen-bond donors (Lipinski definition) is 1. The smallest absolute Gasteiger partial charge is 0.264 e. The Morgan fingerprint density at radius 3 is 2.70 bits per heavy atom. The van der Waals surface area contributed by atoms with E-state index in [9.17, 15) is 23.1 Å². The highest BCUT2D eigenvalue weighted by Gasteiger charge is 2.64. The van der Waals surface area contributed by atoms with Gasteiger partial charge in [-0.25, -0.2) is 0 Å². The first-order valence-electron chi connectivity index (χ1n) is 10.9. The number of hydrogen-bond acceptors (Lipinski definition) is 6. The van der Waals surface area contributed by atoms with Crippen LogP contribution in [0.3, 0.4) is 0 Å². The van der Waals surface area contributed by atoms with Crippen LogP contribution in [0.5, 0.6) is 0 Å². The van der Waals surface area contributed by atoms with E-state index in [4.69, 9.17) is 4.18 Å². The maximum absolute atomic E-state index is 13.0. The molecule has 3 fully saturated rings. The topological polar surface area (TPSA) is 97.7 Å². The Hall–Kier alpha value is -1.31. The molecule has 0 spiro atoms. The van der Waals surface area contributed by atoms with Gasteiger partial charge in [0.15, 0.2) is 11.6 Å². The number of aliphatic hydroxyl groups excluding tert-OH is 1. The van der Waals surface area contributed by atoms with Crippen molar-refractivity contribution in [3.8, 4) is 0 Å². The van der Waals surface area contributed by atoms with E-state index in [-0.39, 0.29) is 52.0 Å². The third-order valence-electron chi connectivity index (χ3n) is 8.60. The Morgan fingerprint density at radius 1 is 1.33 bits per heavy atom. The molecular formula is C23H32O6S. The molecule has 0 aliphatic heterocycles. The van der Waals surface area contributed by atoms with Crippen LogP contribution in [0.1, 0.15) is 46.5 Å². The van der Waals surface area contributed by atoms with Crippen LogP contribution in [0.4, 0.5) is 0 Å². The fourth-order valence-corrected chi connectivity index (χ4v) is 7.96. The summed E-state index contributed by atoms with van der Waals surface area (Å²) in [5.74, 6) is 0.167. The first-order valence-corrected chi connectivity index (χ1v) is 12.7. The lowest BCUT2D eigenvalue weighted by Gasteiger charge is -2.58. The number of carbonyl (C=O) groups is 2. The van der Waals surface area contributed by atoms with Crippen molar-refractivity contribution in [2.24, 2.45) is 40.4 Å². The predicted molar refractivity (Wildman–Crippen MR) is 112 cm³/mol. The molecule has 0 saturated heterocycles. The lowest BCUT2D eigenvalue weighted by molar-refractivity contribution is -0.141. The Labute approximate surface area is 178 Å². The van der Waals surface area contributed by atoms with Crippen molar-refractivity contribution in [2.45, 2.75) is 52.6 Å². The van der Waals surface area contributed by atoms with Crippen molar-refractivity contribution in [3.63, 3.8) is 0 Å². The number of allylic oxidation sites excluding steroid dienone is 4. The van der Waals surface area contributed by atoms with E-state index in [1.165, 1.54) is 0 Å². The quantitative estimate of drug-likeness (QED) is 0.681. The fourth-order valence-electron chi connectivity index (χ4n) is 7.63. The van der Waals surface area contributed by atoms with Gasteiger partial charge in [-0.1, -0.05) is 32.4 Å². The molecule has 3 saturated carbocycles. The summed E-state index contributed by atoms with van der Waals surface area (Å²) in [5, 5.41) is 11.3. The van der Waals surface area contributed by atoms with E-state index in [1.54, 1.807) is 12.2 Å². The molecule has 0 aromatic heterocycles. The van der Waals surface area contributed by atoms with Crippen LogP contribution in [0.2, 0.25) is 0 Å². The number of fused-ring (bicyclic) bond motifs is 5. The molecule has 0 aromatic carbocycles. The lowest BCUT2D eigenvalue weighted by atomic mass is 9.46. The number of ketones is 2. The molecule has 30 heavy (non-hydrogen) atoms. The average Bonchev–Trinajstić information content (AvgIpc) is 2.89. The van der Waals surface area contributed by atoms with Gasteiger partial charge in [0.1, 0.15) is 6.61 Å². The minimum absolute atomic E-state index is 0.0158. The maximum atomic E-state index is 13.0. The molecule has 0 aromatic rings. The van der Waals surface area contributed by atoms with Gasteiger partial charge in [0, 0.05) is 17.3 Å². The van der Waals surface area contributed by atoms with Crippen LogP contribution in [0.15, 0.2) is 23.8 Å². The third kappa shape index (κ3) is 3.33. The molecular weight excluding hydrogens is 404 g/mol. The van der Waals surface area contributed by atoms with Crippen LogP contribution in [-0.2, 0) is 23.9 Å². The summed E-state index contributed by atoms with van der Waals surface area (Å²) in [6.45, 7) is 5.85. The van der Waals surface area contributed by atoms with Crippen molar-refractivity contribution in [2.75, 3.05) is 12.9 Å². The zero-order chi connectivity index (χ0) is 22.1. The Morgan fingerprint density at radius 2 is 2.03 bits per heavy atom. The van der Waals surface area contributed by atoms with Crippen molar-refractivity contribution in [1.82, 2.24) is 0 Å². The largest absolute Gasteiger partial charge is 0.393 e. The second-order valence-electron chi connectivity index (χ2n) is 10.4. The van der Waals surface area contributed by atoms with E-state index in [1.807, 2.05) is 6.08 Å². The minimum Gasteiger partial charge on any atom is -0.393 e. The summed E-state index contributed by atoms with van der Waals surface area (Å²) in [5.41, 5.74) is 0.394. The van der Waals surface area contributed by atoms with Gasteiger partial charge in [0.05, 0.1) is 12.4 Å². The summed E-state index contributed by atoms with van der Waals surface area (Å²) in [7, 11) is -3.68. The summed E-state index contributed by atoms with van der Waals surface area (Å²) >= 11 is 0. The molecule has 0 radical (unpaired) electrons. The van der Waals surface area contributed by atoms with Crippen molar-refractivity contribution in [3.05, 3.63) is 23.8 Å². The van der Waals surface area contributed by atoms with Gasteiger partial charge in [0.2, 0.25) is 0 Å². The standard InChI is InChI=1S/C23H32O6S/c1-13-9-17-16-6-5-14-10-15(24)7-8-22(14,2)21(16)18(25)11-23(17,3)20(13)19(26)12-29-30(4,27)28/h7-8,10,13,16-18,20-21,25H,5-6,9,11-12H2,1-4H3/t13?,16-,17-,18?,20+,21+,22-,23-/m0/s1. The zero-order valence-corrected chi connectivity index (χ0v) is 18.9. The number of rotatable bonds is 4. The van der Waals surface area contributed by atoms with Crippen LogP contribution < -0.4 is 0 Å². The number of Topliss-reactive ketones (excluding diaryl/α,β-unsaturated/α-hetero) is 1. The third-order valence-corrected chi connectivity index (χ3v) is 9.14. The first-order chi connectivity index (χ1) is 13.9. The lowest BCUT2D eigenvalue weighted by Crippen LogP contribution is -2.56. The molecule has 4 rings (SSSR count). The second-order valence-corrected chi connectivity index (χ2v) is 12.1. The molecule has 8 atom stereocenters. The molecule has 6 nitrogen and oxygen atoms in total. The highest BCUT2D eigenvalue weighted by atomic mass is 32.2. The monoisotopic (exact) mass is 436 g/mol. The Balaban J connectivity index is 1.65. The first kappa shape index (κ1) is 21.9. The number of carbonyl (C=O) groups excluding carboxylic acids is 2. The molecule has 1 N–H and O–H groups in total. The van der Waals surface area contributed by atoms with Gasteiger partial charge >= 0.3 is 0 Å². The van der Waals surface area contributed by atoms with Crippen LogP contribution >= 0.6 is 0 Å². The van der Waals surface area contributed by atoms with Gasteiger partial charge < -0.3 is 5.11 Å². The number of aliphatic hydroxyl groups is 1. The van der Waals surface area contributed by atoms with Gasteiger partial charge in [-0.15, -0.1) is 0 Å². The van der Waals surface area contributed by atoms with Gasteiger partial charge in [-0.05, 0) is 61.0 Å². The van der Waals surface area contributed by atoms with Crippen molar-refractivity contribution >= 4 is 21.7 Å². The minimum atomic E-state index is -3.68. The molecule has 4 aliphatic carbocycles. The Bertz CT molecular complexity index is 933. The van der Waals surface area contributed by atoms with E-state index >= 15 is 0 Å². The maximum Gasteiger partial charge on any atom is 0.264 e. The summed E-state index contributed by atoms with van der Waals surface area (Å²) in [4.78, 5) is 24.9. The zero-order valence-electron chi connectivity index (χ0n) is 18.1. The normalized spacial score (nSPS) is 45.4. The van der Waals surface area contributed by atoms with Crippen LogP contribution in [-0.4, -0.2) is 44.1 Å². The van der Waals surface area contributed by atoms with Gasteiger partial charge in [-0.3, -0.25) is 13.8 Å². The fraction of sp³-hybridized carbons (Fsp3) is 0.739. The van der Waals surface area contributed by atoms with Crippen LogP contribution in [0.25, 0.3) is 0 Å². The van der Waals surface area contributed by atoms with E-state index in [0.29, 0.717) is 6.42 Å². The predicted octanol–water partition coefficient (Wildman–Crippen LogP) is 2.67. The van der Waals surface area contributed by atoms with E-state index in [0.717, 1.165) is 31.1 Å². The second kappa shape index (κ2) is 7.10. The molecule has 2 unspecified atom stereocenters. The highest BCUT2D eigenvalue weighted by molar-refractivity contribution is 7.86. The molecule has 4 aliphatic rings. The molecule has 166 valence electrons. The molecule has 7 heteroatoms. The van der Waals surface area contributed by atoms with Crippen molar-refractivity contribution < 1.29 is 27.3 Å². The highest BCUT2D eigenvalue weighted by Crippen LogP contribution is 2.67. The molecule has 0 heterocycles. The van der Waals surface area contributed by atoms with Gasteiger partial charge in [-0.2, -0.15) is 8.42 Å². The molecule has 0 amide bonds. The van der Waals surface area contributed by atoms with E-state index in [2.05, 4.69) is 20.8 Å². The van der Waals surface area contributed by atoms with Crippen LogP contribution in [0, 0.1) is 40.4 Å². The summed E-state index contributed by atoms with van der Waals surface area (Å²) < 4.78 is 27.6. The molecule has 0 bridgehead atoms. The summed E-state index contributed by atoms with van der Waals surface area (Å²) in [6, 6.07) is 0. The average molecular weight is 437 g/mol.